The molecule has 4 rings (SSSR count). The monoisotopic (exact) mass is 454 g/mol. The molecule has 1 aliphatic heterocycles. The zero-order valence-electron chi connectivity index (χ0n) is 18.3. The molecular formula is C23H27ClN6O2. The minimum atomic E-state index is 0.0395. The second-order valence-electron chi connectivity index (χ2n) is 8.11. The van der Waals surface area contributed by atoms with Gasteiger partial charge in [0.1, 0.15) is 12.4 Å². The minimum absolute atomic E-state index is 0.0395. The van der Waals surface area contributed by atoms with E-state index in [1.54, 1.807) is 16.8 Å². The van der Waals surface area contributed by atoms with E-state index in [2.05, 4.69) is 20.4 Å². The van der Waals surface area contributed by atoms with Gasteiger partial charge in [-0.2, -0.15) is 0 Å². The highest BCUT2D eigenvalue weighted by Gasteiger charge is 2.22. The fourth-order valence-corrected chi connectivity index (χ4v) is 3.90. The van der Waals surface area contributed by atoms with Crippen LogP contribution in [-0.4, -0.2) is 62.1 Å². The van der Waals surface area contributed by atoms with Crippen LogP contribution in [0.2, 0.25) is 5.02 Å². The topological polar surface area (TPSA) is 76.4 Å². The Labute approximate surface area is 192 Å². The molecule has 0 radical (unpaired) electrons. The highest BCUT2D eigenvalue weighted by molar-refractivity contribution is 6.31. The molecule has 1 amide bonds. The molecular weight excluding hydrogens is 428 g/mol. The van der Waals surface area contributed by atoms with Crippen LogP contribution in [0, 0.1) is 0 Å². The third-order valence-corrected chi connectivity index (χ3v) is 5.90. The van der Waals surface area contributed by atoms with Gasteiger partial charge in [0.15, 0.2) is 5.82 Å². The van der Waals surface area contributed by atoms with Gasteiger partial charge in [-0.15, -0.1) is 5.10 Å². The molecule has 8 nitrogen and oxygen atoms in total. The summed E-state index contributed by atoms with van der Waals surface area (Å²) < 4.78 is 7.52. The summed E-state index contributed by atoms with van der Waals surface area (Å²) in [6.07, 6.45) is 0. The lowest BCUT2D eigenvalue weighted by Gasteiger charge is -2.35. The van der Waals surface area contributed by atoms with Gasteiger partial charge < -0.3 is 9.64 Å². The van der Waals surface area contributed by atoms with Gasteiger partial charge in [-0.1, -0.05) is 29.8 Å². The zero-order valence-corrected chi connectivity index (χ0v) is 19.1. The van der Waals surface area contributed by atoms with Crippen molar-refractivity contribution in [3.8, 4) is 5.75 Å². The molecule has 1 fully saturated rings. The average molecular weight is 455 g/mol. The Hall–Kier alpha value is -2.97. The van der Waals surface area contributed by atoms with Crippen LogP contribution in [0.5, 0.6) is 5.75 Å². The highest BCUT2D eigenvalue weighted by atomic mass is 35.5. The van der Waals surface area contributed by atoms with E-state index in [4.69, 9.17) is 16.3 Å². The maximum absolute atomic E-state index is 12.9. The summed E-state index contributed by atoms with van der Waals surface area (Å²) in [5, 5.41) is 12.5. The number of tetrazole rings is 1. The Balaban J connectivity index is 1.28. The summed E-state index contributed by atoms with van der Waals surface area (Å²) in [6, 6.07) is 15.3. The average Bonchev–Trinajstić information content (AvgIpc) is 3.29. The second kappa shape index (κ2) is 10.1. The van der Waals surface area contributed by atoms with Crippen LogP contribution >= 0.6 is 11.6 Å². The number of hydrogen-bond donors (Lipinski definition) is 0. The van der Waals surface area contributed by atoms with E-state index < -0.39 is 0 Å². The molecule has 3 aromatic rings. The van der Waals surface area contributed by atoms with Gasteiger partial charge in [-0.05, 0) is 60.2 Å². The third kappa shape index (κ3) is 5.26. The summed E-state index contributed by atoms with van der Waals surface area (Å²) in [7, 11) is 0. The van der Waals surface area contributed by atoms with Crippen molar-refractivity contribution in [2.75, 3.05) is 26.2 Å². The maximum atomic E-state index is 12.9. The molecule has 0 atom stereocenters. The predicted molar refractivity (Wildman–Crippen MR) is 122 cm³/mol. The molecule has 32 heavy (non-hydrogen) atoms. The summed E-state index contributed by atoms with van der Waals surface area (Å²) >= 11 is 6.28. The number of aromatic nitrogens is 4. The second-order valence-corrected chi connectivity index (χ2v) is 8.51. The molecule has 2 heterocycles. The van der Waals surface area contributed by atoms with Crippen molar-refractivity contribution in [3.63, 3.8) is 0 Å². The maximum Gasteiger partial charge on any atom is 0.253 e. The number of ether oxygens (including phenoxy) is 1. The van der Waals surface area contributed by atoms with Gasteiger partial charge in [-0.25, -0.2) is 4.68 Å². The van der Waals surface area contributed by atoms with E-state index in [9.17, 15) is 4.79 Å². The zero-order chi connectivity index (χ0) is 22.5. The Morgan fingerprint density at radius 3 is 2.47 bits per heavy atom. The molecule has 9 heteroatoms. The van der Waals surface area contributed by atoms with E-state index in [0.717, 1.165) is 30.2 Å². The number of carbonyl (C=O) groups is 1. The van der Waals surface area contributed by atoms with E-state index in [0.29, 0.717) is 30.2 Å². The molecule has 1 aromatic heterocycles. The van der Waals surface area contributed by atoms with Crippen molar-refractivity contribution < 1.29 is 9.53 Å². The first-order valence-corrected chi connectivity index (χ1v) is 11.1. The predicted octanol–water partition coefficient (Wildman–Crippen LogP) is 3.44. The largest absolute Gasteiger partial charge is 0.486 e. The lowest BCUT2D eigenvalue weighted by atomic mass is 10.1. The van der Waals surface area contributed by atoms with E-state index in [1.165, 1.54) is 0 Å². The van der Waals surface area contributed by atoms with E-state index in [1.807, 2.05) is 55.1 Å². The molecule has 0 N–H and O–H groups in total. The van der Waals surface area contributed by atoms with Gasteiger partial charge in [0.2, 0.25) is 0 Å². The molecule has 0 bridgehead atoms. The van der Waals surface area contributed by atoms with Crippen LogP contribution in [0.25, 0.3) is 0 Å². The first-order valence-electron chi connectivity index (χ1n) is 10.8. The first-order chi connectivity index (χ1) is 15.5. The molecule has 0 aliphatic carbocycles. The lowest BCUT2D eigenvalue weighted by molar-refractivity contribution is 0.0628. The molecule has 0 saturated carbocycles. The van der Waals surface area contributed by atoms with Crippen LogP contribution in [-0.2, 0) is 13.2 Å². The minimum Gasteiger partial charge on any atom is -0.486 e. The fourth-order valence-electron chi connectivity index (χ4n) is 3.71. The van der Waals surface area contributed by atoms with Gasteiger partial charge in [0.05, 0.1) is 6.04 Å². The van der Waals surface area contributed by atoms with E-state index >= 15 is 0 Å². The summed E-state index contributed by atoms with van der Waals surface area (Å²) in [6.45, 7) is 8.12. The first kappa shape index (κ1) is 22.2. The highest BCUT2D eigenvalue weighted by Crippen LogP contribution is 2.19. The van der Waals surface area contributed by atoms with Crippen molar-refractivity contribution in [2.45, 2.75) is 33.0 Å². The number of benzene rings is 2. The van der Waals surface area contributed by atoms with Gasteiger partial charge in [0, 0.05) is 43.3 Å². The molecule has 0 unspecified atom stereocenters. The standard InChI is InChI=1S/C23H27ClN6O2/c1-17(2)30-22(25-26-27-30)16-32-20-9-7-18(8-10-20)23(31)29-13-11-28(12-14-29)15-19-5-3-4-6-21(19)24/h3-10,17H,11-16H2,1-2H3. The van der Waals surface area contributed by atoms with Crippen molar-refractivity contribution in [2.24, 2.45) is 0 Å². The molecule has 0 spiro atoms. The van der Waals surface area contributed by atoms with Crippen molar-refractivity contribution in [3.05, 3.63) is 70.5 Å². The lowest BCUT2D eigenvalue weighted by Crippen LogP contribution is -2.48. The van der Waals surface area contributed by atoms with Crippen molar-refractivity contribution in [1.29, 1.82) is 0 Å². The van der Waals surface area contributed by atoms with Crippen LogP contribution in [0.1, 0.15) is 41.6 Å². The molecule has 168 valence electrons. The SMILES string of the molecule is CC(C)n1nnnc1COc1ccc(C(=O)N2CCN(Cc3ccccc3Cl)CC2)cc1. The molecule has 2 aromatic carbocycles. The third-order valence-electron chi connectivity index (χ3n) is 5.53. The van der Waals surface area contributed by atoms with Crippen molar-refractivity contribution in [1.82, 2.24) is 30.0 Å². The van der Waals surface area contributed by atoms with Gasteiger partial charge >= 0.3 is 0 Å². The fraction of sp³-hybridized carbons (Fsp3) is 0.391. The Morgan fingerprint density at radius 2 is 1.78 bits per heavy atom. The number of hydrogen-bond acceptors (Lipinski definition) is 6. The number of rotatable bonds is 7. The number of halogens is 1. The smallest absolute Gasteiger partial charge is 0.253 e. The quantitative estimate of drug-likeness (QED) is 0.544. The van der Waals surface area contributed by atoms with Crippen LogP contribution in [0.4, 0.5) is 0 Å². The van der Waals surface area contributed by atoms with E-state index in [-0.39, 0.29) is 18.6 Å². The number of amides is 1. The molecule has 1 saturated heterocycles. The summed E-state index contributed by atoms with van der Waals surface area (Å²) in [5.74, 6) is 1.37. The van der Waals surface area contributed by atoms with Crippen molar-refractivity contribution >= 4 is 17.5 Å². The normalized spacial score (nSPS) is 14.7. The molecule has 1 aliphatic rings. The summed E-state index contributed by atoms with van der Waals surface area (Å²) in [5.41, 5.74) is 1.77. The van der Waals surface area contributed by atoms with Gasteiger partial charge in [-0.3, -0.25) is 9.69 Å². The van der Waals surface area contributed by atoms with Gasteiger partial charge in [0.25, 0.3) is 5.91 Å². The Bertz CT molecular complexity index is 1040. The van der Waals surface area contributed by atoms with Crippen LogP contribution in [0.15, 0.2) is 48.5 Å². The number of nitrogens with zero attached hydrogens (tertiary/aromatic N) is 6. The summed E-state index contributed by atoms with van der Waals surface area (Å²) in [4.78, 5) is 17.1. The number of piperazine rings is 1. The number of carbonyl (C=O) groups excluding carboxylic acids is 1. The van der Waals surface area contributed by atoms with Crippen LogP contribution < -0.4 is 4.74 Å². The Morgan fingerprint density at radius 1 is 1.06 bits per heavy atom. The van der Waals surface area contributed by atoms with Crippen LogP contribution in [0.3, 0.4) is 0 Å². The Kier molecular flexibility index (Phi) is 7.02.